The summed E-state index contributed by atoms with van der Waals surface area (Å²) in [7, 11) is 4.03. The Labute approximate surface area is 165 Å². The number of ether oxygens (including phenoxy) is 1. The minimum atomic E-state index is -0.171. The molecule has 0 aliphatic heterocycles. The van der Waals surface area contributed by atoms with E-state index in [-0.39, 0.29) is 5.91 Å². The van der Waals surface area contributed by atoms with Gasteiger partial charge in [-0.3, -0.25) is 4.79 Å². The average Bonchev–Trinajstić information content (AvgIpc) is 3.10. The molecule has 0 spiro atoms. The molecule has 2 aromatic carbocycles. The molecule has 1 aromatic heterocycles. The molecular formula is C22H26N4O2. The van der Waals surface area contributed by atoms with Gasteiger partial charge in [0.1, 0.15) is 11.6 Å². The first kappa shape index (κ1) is 19.5. The molecule has 1 heterocycles. The number of aryl methyl sites for hydroxylation is 1. The molecule has 0 aliphatic rings. The van der Waals surface area contributed by atoms with Gasteiger partial charge in [-0.1, -0.05) is 12.1 Å². The third-order valence-electron chi connectivity index (χ3n) is 4.48. The molecular weight excluding hydrogens is 352 g/mol. The summed E-state index contributed by atoms with van der Waals surface area (Å²) in [5, 5.41) is 7.29. The summed E-state index contributed by atoms with van der Waals surface area (Å²) in [5.41, 5.74) is 3.78. The topological polar surface area (TPSA) is 59.4 Å². The molecule has 0 fully saturated rings. The number of anilines is 2. The Hall–Kier alpha value is -3.28. The third-order valence-corrected chi connectivity index (χ3v) is 4.48. The number of benzene rings is 2. The van der Waals surface area contributed by atoms with Gasteiger partial charge in [-0.05, 0) is 55.3 Å². The molecule has 0 atom stereocenters. The predicted molar refractivity (Wildman–Crippen MR) is 112 cm³/mol. The molecule has 3 aromatic rings. The van der Waals surface area contributed by atoms with Crippen molar-refractivity contribution in [2.24, 2.45) is 0 Å². The summed E-state index contributed by atoms with van der Waals surface area (Å²) < 4.78 is 7.32. The molecule has 28 heavy (non-hydrogen) atoms. The summed E-state index contributed by atoms with van der Waals surface area (Å²) in [6, 6.07) is 15.5. The molecule has 0 bridgehead atoms. The number of carbonyl (C=O) groups is 1. The fourth-order valence-corrected chi connectivity index (χ4v) is 2.93. The maximum atomic E-state index is 12.7. The fourth-order valence-electron chi connectivity index (χ4n) is 2.93. The van der Waals surface area contributed by atoms with Crippen LogP contribution in [0.3, 0.4) is 0 Å². The van der Waals surface area contributed by atoms with Gasteiger partial charge in [0.2, 0.25) is 0 Å². The summed E-state index contributed by atoms with van der Waals surface area (Å²) in [5.74, 6) is 1.29. The number of rotatable bonds is 7. The number of carbonyl (C=O) groups excluding carboxylic acids is 1. The summed E-state index contributed by atoms with van der Waals surface area (Å²) in [6.45, 7) is 5.05. The van der Waals surface area contributed by atoms with Crippen LogP contribution in [0.25, 0.3) is 0 Å². The maximum absolute atomic E-state index is 12.7. The van der Waals surface area contributed by atoms with Gasteiger partial charge in [0.15, 0.2) is 0 Å². The summed E-state index contributed by atoms with van der Waals surface area (Å²) in [6.07, 6.45) is 1.69. The van der Waals surface area contributed by atoms with Crippen molar-refractivity contribution in [2.75, 3.05) is 30.9 Å². The number of hydrogen-bond donors (Lipinski definition) is 1. The van der Waals surface area contributed by atoms with Gasteiger partial charge < -0.3 is 15.0 Å². The lowest BCUT2D eigenvalue weighted by Gasteiger charge is -2.14. The lowest BCUT2D eigenvalue weighted by Crippen LogP contribution is -2.16. The molecule has 0 saturated heterocycles. The molecule has 0 saturated carbocycles. The van der Waals surface area contributed by atoms with Crippen LogP contribution >= 0.6 is 0 Å². The predicted octanol–water partition coefficient (Wildman–Crippen LogP) is 3.96. The van der Waals surface area contributed by atoms with Crippen LogP contribution in [0, 0.1) is 6.92 Å². The number of amides is 1. The van der Waals surface area contributed by atoms with E-state index in [2.05, 4.69) is 39.6 Å². The Bertz CT molecular complexity index is 945. The molecule has 0 unspecified atom stereocenters. The van der Waals surface area contributed by atoms with E-state index in [4.69, 9.17) is 4.74 Å². The van der Waals surface area contributed by atoms with Crippen molar-refractivity contribution in [2.45, 2.75) is 20.4 Å². The van der Waals surface area contributed by atoms with Crippen molar-refractivity contribution in [3.05, 3.63) is 71.4 Å². The average molecular weight is 378 g/mol. The van der Waals surface area contributed by atoms with E-state index in [1.165, 1.54) is 0 Å². The lowest BCUT2D eigenvalue weighted by molar-refractivity contribution is 0.102. The Balaban J connectivity index is 1.71. The second-order valence-corrected chi connectivity index (χ2v) is 6.80. The van der Waals surface area contributed by atoms with Gasteiger partial charge in [0, 0.05) is 31.4 Å². The van der Waals surface area contributed by atoms with Crippen LogP contribution in [0.1, 0.15) is 28.4 Å². The highest BCUT2D eigenvalue weighted by Gasteiger charge is 2.12. The van der Waals surface area contributed by atoms with Crippen LogP contribution in [0.2, 0.25) is 0 Å². The molecule has 146 valence electrons. The monoisotopic (exact) mass is 378 g/mol. The minimum absolute atomic E-state index is 0.171. The first-order chi connectivity index (χ1) is 13.5. The van der Waals surface area contributed by atoms with Crippen LogP contribution < -0.4 is 15.0 Å². The van der Waals surface area contributed by atoms with E-state index in [0.29, 0.717) is 24.5 Å². The fraction of sp³-hybridized carbons (Fsp3) is 0.273. The summed E-state index contributed by atoms with van der Waals surface area (Å²) in [4.78, 5) is 14.7. The Morgan fingerprint density at radius 1 is 1.14 bits per heavy atom. The van der Waals surface area contributed by atoms with Crippen LogP contribution in [-0.4, -0.2) is 36.4 Å². The van der Waals surface area contributed by atoms with E-state index in [1.807, 2.05) is 40.1 Å². The van der Waals surface area contributed by atoms with Crippen LogP contribution in [0.15, 0.2) is 54.7 Å². The first-order valence-corrected chi connectivity index (χ1v) is 9.31. The first-order valence-electron chi connectivity index (χ1n) is 9.31. The second-order valence-electron chi connectivity index (χ2n) is 6.80. The van der Waals surface area contributed by atoms with Crippen LogP contribution in [0.4, 0.5) is 11.5 Å². The van der Waals surface area contributed by atoms with E-state index < -0.39 is 0 Å². The number of nitrogens with one attached hydrogen (secondary N) is 1. The van der Waals surface area contributed by atoms with Gasteiger partial charge in [-0.15, -0.1) is 0 Å². The van der Waals surface area contributed by atoms with E-state index >= 15 is 0 Å². The number of nitrogens with zero attached hydrogens (tertiary/aromatic N) is 3. The van der Waals surface area contributed by atoms with Crippen molar-refractivity contribution < 1.29 is 9.53 Å². The molecule has 0 radical (unpaired) electrons. The van der Waals surface area contributed by atoms with Crippen molar-refractivity contribution in [1.29, 1.82) is 0 Å². The van der Waals surface area contributed by atoms with Crippen molar-refractivity contribution in [1.82, 2.24) is 9.78 Å². The molecule has 0 aliphatic carbocycles. The highest BCUT2D eigenvalue weighted by atomic mass is 16.5. The van der Waals surface area contributed by atoms with E-state index in [0.717, 1.165) is 22.6 Å². The van der Waals surface area contributed by atoms with Crippen LogP contribution in [0.5, 0.6) is 5.75 Å². The van der Waals surface area contributed by atoms with Crippen molar-refractivity contribution in [3.63, 3.8) is 0 Å². The zero-order valence-electron chi connectivity index (χ0n) is 16.8. The standard InChI is InChI=1S/C22H26N4O2/c1-5-28-20-11-8-18(14-16(20)2)22(27)24-21-12-13-23-26(21)15-17-6-9-19(10-7-17)25(3)4/h6-14H,5,15H2,1-4H3,(H,24,27). The van der Waals surface area contributed by atoms with Gasteiger partial charge in [-0.25, -0.2) is 4.68 Å². The highest BCUT2D eigenvalue weighted by Crippen LogP contribution is 2.20. The van der Waals surface area contributed by atoms with Crippen molar-refractivity contribution >= 4 is 17.4 Å². The van der Waals surface area contributed by atoms with Gasteiger partial charge >= 0.3 is 0 Å². The zero-order chi connectivity index (χ0) is 20.1. The molecule has 6 heteroatoms. The molecule has 1 N–H and O–H groups in total. The van der Waals surface area contributed by atoms with Gasteiger partial charge in [-0.2, -0.15) is 5.10 Å². The largest absolute Gasteiger partial charge is 0.494 e. The number of aromatic nitrogens is 2. The number of hydrogen-bond acceptors (Lipinski definition) is 4. The Morgan fingerprint density at radius 3 is 2.54 bits per heavy atom. The lowest BCUT2D eigenvalue weighted by atomic mass is 10.1. The Kier molecular flexibility index (Phi) is 5.99. The minimum Gasteiger partial charge on any atom is -0.494 e. The SMILES string of the molecule is CCOc1ccc(C(=O)Nc2ccnn2Cc2ccc(N(C)C)cc2)cc1C. The van der Waals surface area contributed by atoms with E-state index in [1.54, 1.807) is 23.0 Å². The van der Waals surface area contributed by atoms with E-state index in [9.17, 15) is 4.79 Å². The molecule has 6 nitrogen and oxygen atoms in total. The van der Waals surface area contributed by atoms with Crippen LogP contribution in [-0.2, 0) is 6.54 Å². The molecule has 3 rings (SSSR count). The van der Waals surface area contributed by atoms with Gasteiger partial charge in [0.25, 0.3) is 5.91 Å². The highest BCUT2D eigenvalue weighted by molar-refractivity contribution is 6.04. The van der Waals surface area contributed by atoms with Crippen molar-refractivity contribution in [3.8, 4) is 5.75 Å². The van der Waals surface area contributed by atoms with Gasteiger partial charge in [0.05, 0.1) is 19.3 Å². The quantitative estimate of drug-likeness (QED) is 0.676. The third kappa shape index (κ3) is 4.52. The summed E-state index contributed by atoms with van der Waals surface area (Å²) >= 11 is 0. The second kappa shape index (κ2) is 8.61. The maximum Gasteiger partial charge on any atom is 0.256 e. The smallest absolute Gasteiger partial charge is 0.256 e. The zero-order valence-corrected chi connectivity index (χ0v) is 16.8. The molecule has 1 amide bonds. The normalized spacial score (nSPS) is 10.6. The Morgan fingerprint density at radius 2 is 1.89 bits per heavy atom.